The maximum absolute atomic E-state index is 14.1. The number of benzene rings is 3. The van der Waals surface area contributed by atoms with Crippen molar-refractivity contribution in [2.24, 2.45) is 0 Å². The maximum Gasteiger partial charge on any atom is 0.331 e. The van der Waals surface area contributed by atoms with Crippen molar-refractivity contribution >= 4 is 21.6 Å². The third-order valence-corrected chi connectivity index (χ3v) is 7.11. The lowest BCUT2D eigenvalue weighted by atomic mass is 10.0. The van der Waals surface area contributed by atoms with Crippen LogP contribution in [0.15, 0.2) is 89.7 Å². The van der Waals surface area contributed by atoms with Gasteiger partial charge >= 0.3 is 5.69 Å². The molecule has 1 aliphatic heterocycles. The monoisotopic (exact) mass is 531 g/mol. The number of amides is 1. The Balaban J connectivity index is 1.63. The van der Waals surface area contributed by atoms with E-state index in [0.717, 1.165) is 11.8 Å². The first-order valence-corrected chi connectivity index (χ1v) is 14.2. The molecule has 1 amide bonds. The van der Waals surface area contributed by atoms with Gasteiger partial charge in [-0.1, -0.05) is 72.8 Å². The van der Waals surface area contributed by atoms with Gasteiger partial charge in [0.1, 0.15) is 5.69 Å². The summed E-state index contributed by atoms with van der Waals surface area (Å²) in [6.07, 6.45) is 1.72. The average molecular weight is 532 g/mol. The fraction of sp³-hybridized carbons (Fsp3) is 0.214. The van der Waals surface area contributed by atoms with Crippen molar-refractivity contribution in [2.45, 2.75) is 12.5 Å². The number of sulfonamides is 1. The Morgan fingerprint density at radius 1 is 0.974 bits per heavy atom. The van der Waals surface area contributed by atoms with Crippen molar-refractivity contribution in [1.29, 1.82) is 0 Å². The third-order valence-electron chi connectivity index (χ3n) is 6.52. The molecule has 0 aliphatic carbocycles. The molecule has 0 saturated carbocycles. The Kier molecular flexibility index (Phi) is 7.17. The molecule has 1 atom stereocenters. The summed E-state index contributed by atoms with van der Waals surface area (Å²) < 4.78 is 28.0. The fourth-order valence-electron chi connectivity index (χ4n) is 4.88. The molecule has 0 bridgehead atoms. The smallest absolute Gasteiger partial charge is 0.331 e. The van der Waals surface area contributed by atoms with E-state index in [0.29, 0.717) is 43.0 Å². The van der Waals surface area contributed by atoms with E-state index < -0.39 is 15.7 Å². The van der Waals surface area contributed by atoms with E-state index in [-0.39, 0.29) is 23.3 Å². The van der Waals surface area contributed by atoms with Crippen LogP contribution in [0.5, 0.6) is 0 Å². The van der Waals surface area contributed by atoms with Crippen LogP contribution in [0.1, 0.15) is 16.1 Å². The predicted octanol–water partition coefficient (Wildman–Crippen LogP) is 2.86. The van der Waals surface area contributed by atoms with Crippen molar-refractivity contribution in [2.75, 3.05) is 30.6 Å². The third kappa shape index (κ3) is 5.41. The Hall–Kier alpha value is -4.15. The molecule has 0 spiro atoms. The maximum atomic E-state index is 14.1. The molecule has 2 heterocycles. The molecule has 1 unspecified atom stereocenters. The van der Waals surface area contributed by atoms with Crippen molar-refractivity contribution in [3.8, 4) is 16.9 Å². The Bertz CT molecular complexity index is 1600. The number of H-pyrrole nitrogens is 1. The van der Waals surface area contributed by atoms with Crippen molar-refractivity contribution in [3.05, 3.63) is 107 Å². The second-order valence-electron chi connectivity index (χ2n) is 9.29. The van der Waals surface area contributed by atoms with Gasteiger partial charge < -0.3 is 15.2 Å². The molecule has 5 rings (SSSR count). The van der Waals surface area contributed by atoms with E-state index in [1.54, 1.807) is 24.3 Å². The highest BCUT2D eigenvalue weighted by Crippen LogP contribution is 2.30. The molecule has 0 radical (unpaired) electrons. The number of anilines is 1. The molecule has 38 heavy (non-hydrogen) atoms. The van der Waals surface area contributed by atoms with Crippen molar-refractivity contribution in [3.63, 3.8) is 0 Å². The molecule has 4 aromatic rings. The number of piperazine rings is 1. The average Bonchev–Trinajstić information content (AvgIpc) is 3.26. The van der Waals surface area contributed by atoms with Gasteiger partial charge in [-0.05, 0) is 24.1 Å². The van der Waals surface area contributed by atoms with Crippen LogP contribution in [0.25, 0.3) is 16.9 Å². The van der Waals surface area contributed by atoms with E-state index in [1.165, 1.54) is 4.57 Å². The zero-order valence-corrected chi connectivity index (χ0v) is 21.7. The first-order chi connectivity index (χ1) is 18.3. The van der Waals surface area contributed by atoms with Crippen LogP contribution in [0, 0.1) is 0 Å². The highest BCUT2D eigenvalue weighted by Gasteiger charge is 2.32. The highest BCUT2D eigenvalue weighted by atomic mass is 32.2. The molecule has 1 aliphatic rings. The van der Waals surface area contributed by atoms with Crippen LogP contribution >= 0.6 is 0 Å². The van der Waals surface area contributed by atoms with Gasteiger partial charge in [-0.2, -0.15) is 0 Å². The van der Waals surface area contributed by atoms with Crippen molar-refractivity contribution in [1.82, 2.24) is 19.8 Å². The van der Waals surface area contributed by atoms with Gasteiger partial charge in [0.2, 0.25) is 10.0 Å². The van der Waals surface area contributed by atoms with Gasteiger partial charge in [0.15, 0.2) is 0 Å². The summed E-state index contributed by atoms with van der Waals surface area (Å²) in [5, 5.41) is 3.37. The largest absolute Gasteiger partial charge is 0.331 e. The SMILES string of the molecule is CS(=O)(=O)Nc1ccccc1-n1c(-c2ccccc2)c(C(=O)N2CCNCC2Cc2ccccc2)[nH]c1=O. The number of hydrogen-bond donors (Lipinski definition) is 3. The van der Waals surface area contributed by atoms with E-state index in [4.69, 9.17) is 0 Å². The number of rotatable bonds is 7. The number of carbonyl (C=O) groups is 1. The van der Waals surface area contributed by atoms with Gasteiger partial charge in [0, 0.05) is 31.2 Å². The number of hydrogen-bond acceptors (Lipinski definition) is 5. The van der Waals surface area contributed by atoms with Crippen molar-refractivity contribution < 1.29 is 13.2 Å². The molecular weight excluding hydrogens is 502 g/mol. The number of aromatic nitrogens is 2. The predicted molar refractivity (Wildman–Crippen MR) is 148 cm³/mol. The summed E-state index contributed by atoms with van der Waals surface area (Å²) in [7, 11) is -3.62. The van der Waals surface area contributed by atoms with Crippen LogP contribution in [0.2, 0.25) is 0 Å². The fourth-order valence-corrected chi connectivity index (χ4v) is 5.46. The Labute approximate surface area is 221 Å². The van der Waals surface area contributed by atoms with E-state index in [1.807, 2.05) is 65.6 Å². The standard InChI is InChI=1S/C28H29N5O4S/c1-38(36,37)31-23-14-8-9-15-24(23)33-26(21-12-6-3-7-13-21)25(30-28(33)35)27(34)32-17-16-29-19-22(32)18-20-10-4-2-5-11-20/h2-15,22,29,31H,16-19H2,1H3,(H,30,35). The summed E-state index contributed by atoms with van der Waals surface area (Å²) in [6, 6.07) is 25.7. The van der Waals surface area contributed by atoms with Gasteiger partial charge in [0.05, 0.1) is 23.3 Å². The lowest BCUT2D eigenvalue weighted by molar-refractivity contribution is 0.0631. The Morgan fingerprint density at radius 3 is 2.34 bits per heavy atom. The molecule has 3 N–H and O–H groups in total. The van der Waals surface area contributed by atoms with Crippen LogP contribution in [0.4, 0.5) is 5.69 Å². The van der Waals surface area contributed by atoms with Crippen LogP contribution in [0.3, 0.4) is 0 Å². The minimum Gasteiger partial charge on any atom is -0.331 e. The lowest BCUT2D eigenvalue weighted by Gasteiger charge is -2.36. The number of para-hydroxylation sites is 2. The first kappa shape index (κ1) is 25.5. The summed E-state index contributed by atoms with van der Waals surface area (Å²) in [6.45, 7) is 1.76. The summed E-state index contributed by atoms with van der Waals surface area (Å²) in [5.74, 6) is -0.282. The van der Waals surface area contributed by atoms with Gasteiger partial charge in [-0.15, -0.1) is 0 Å². The van der Waals surface area contributed by atoms with E-state index in [9.17, 15) is 18.0 Å². The van der Waals surface area contributed by atoms with E-state index >= 15 is 0 Å². The molecule has 9 nitrogen and oxygen atoms in total. The number of nitrogens with zero attached hydrogens (tertiary/aromatic N) is 2. The van der Waals surface area contributed by atoms with Gasteiger partial charge in [-0.3, -0.25) is 14.1 Å². The lowest BCUT2D eigenvalue weighted by Crippen LogP contribution is -2.54. The second-order valence-corrected chi connectivity index (χ2v) is 11.0. The minimum atomic E-state index is -3.62. The first-order valence-electron chi connectivity index (χ1n) is 12.3. The van der Waals surface area contributed by atoms with Gasteiger partial charge in [0.25, 0.3) is 5.91 Å². The molecule has 1 saturated heterocycles. The number of carbonyl (C=O) groups excluding carboxylic acids is 1. The number of nitrogens with one attached hydrogen (secondary N) is 3. The summed E-state index contributed by atoms with van der Waals surface area (Å²) in [4.78, 5) is 32.2. The highest BCUT2D eigenvalue weighted by molar-refractivity contribution is 7.92. The van der Waals surface area contributed by atoms with Gasteiger partial charge in [-0.25, -0.2) is 13.2 Å². The normalized spacial score (nSPS) is 15.8. The second kappa shape index (κ2) is 10.7. The van der Waals surface area contributed by atoms with Crippen LogP contribution in [-0.4, -0.2) is 60.7 Å². The molecule has 10 heteroatoms. The minimum absolute atomic E-state index is 0.103. The summed E-state index contributed by atoms with van der Waals surface area (Å²) >= 11 is 0. The molecule has 196 valence electrons. The molecule has 3 aromatic carbocycles. The van der Waals surface area contributed by atoms with E-state index in [2.05, 4.69) is 15.0 Å². The zero-order chi connectivity index (χ0) is 26.7. The quantitative estimate of drug-likeness (QED) is 0.339. The molecule has 1 aromatic heterocycles. The molecular formula is C28H29N5O4S. The zero-order valence-electron chi connectivity index (χ0n) is 20.9. The Morgan fingerprint density at radius 2 is 1.63 bits per heavy atom. The number of aromatic amines is 1. The molecule has 1 fully saturated rings. The summed E-state index contributed by atoms with van der Waals surface area (Å²) in [5.41, 5.74) is 2.32. The number of imidazole rings is 1. The van der Waals surface area contributed by atoms with Crippen LogP contribution < -0.4 is 15.7 Å². The van der Waals surface area contributed by atoms with Crippen LogP contribution in [-0.2, 0) is 16.4 Å². The topological polar surface area (TPSA) is 116 Å².